The van der Waals surface area contributed by atoms with Crippen LogP contribution in [-0.4, -0.2) is 53.6 Å². The van der Waals surface area contributed by atoms with Gasteiger partial charge in [0.25, 0.3) is 0 Å². The largest absolute Gasteiger partial charge is 0.463 e. The molecule has 3 unspecified atom stereocenters. The van der Waals surface area contributed by atoms with Gasteiger partial charge in [-0.05, 0) is 49.1 Å². The molecule has 0 radical (unpaired) electrons. The van der Waals surface area contributed by atoms with Crippen molar-refractivity contribution in [3.63, 3.8) is 0 Å². The third-order valence-corrected chi connectivity index (χ3v) is 7.44. The number of carbonyl (C=O) groups excluding carboxylic acids is 3. The molecule has 2 aromatic carbocycles. The Morgan fingerprint density at radius 2 is 1.68 bits per heavy atom. The van der Waals surface area contributed by atoms with Gasteiger partial charge in [0.05, 0.1) is 24.5 Å². The van der Waals surface area contributed by atoms with Crippen LogP contribution in [0.15, 0.2) is 72.8 Å². The van der Waals surface area contributed by atoms with Crippen LogP contribution in [0.1, 0.15) is 57.1 Å². The molecule has 1 aliphatic heterocycles. The fourth-order valence-electron chi connectivity index (χ4n) is 4.89. The molecular weight excluding hydrogens is 504 g/mol. The molecule has 0 saturated carbocycles. The molecule has 3 atom stereocenters. The number of esters is 1. The number of nitrogens with zero attached hydrogens (tertiary/aromatic N) is 1. The van der Waals surface area contributed by atoms with Gasteiger partial charge in [-0.25, -0.2) is 0 Å². The molecule has 216 valence electrons. The summed E-state index contributed by atoms with van der Waals surface area (Å²) in [6.45, 7) is 4.47. The maximum atomic E-state index is 13.5. The predicted octanol–water partition coefficient (Wildman–Crippen LogP) is 4.69. The minimum Gasteiger partial charge on any atom is -0.463 e. The van der Waals surface area contributed by atoms with E-state index in [4.69, 9.17) is 4.74 Å². The average molecular weight is 549 g/mol. The number of nitrogens with one attached hydrogen (secondary N) is 1. The van der Waals surface area contributed by atoms with Crippen molar-refractivity contribution in [1.29, 1.82) is 0 Å². The van der Waals surface area contributed by atoms with Crippen molar-refractivity contribution < 1.29 is 24.2 Å². The maximum absolute atomic E-state index is 13.5. The van der Waals surface area contributed by atoms with Crippen LogP contribution in [0.3, 0.4) is 0 Å². The Bertz CT molecular complexity index is 1090. The summed E-state index contributed by atoms with van der Waals surface area (Å²) in [4.78, 5) is 41.5. The first-order valence-electron chi connectivity index (χ1n) is 14.5. The summed E-state index contributed by atoms with van der Waals surface area (Å²) in [6.07, 6.45) is 7.44. The van der Waals surface area contributed by atoms with E-state index in [2.05, 4.69) is 5.32 Å². The zero-order chi connectivity index (χ0) is 28.7. The zero-order valence-electron chi connectivity index (χ0n) is 23.8. The molecule has 0 saturated heterocycles. The first-order chi connectivity index (χ1) is 19.4. The van der Waals surface area contributed by atoms with Crippen molar-refractivity contribution in [3.05, 3.63) is 83.9 Å². The number of rotatable bonds is 9. The third kappa shape index (κ3) is 10.3. The van der Waals surface area contributed by atoms with Crippen LogP contribution in [-0.2, 0) is 32.1 Å². The lowest BCUT2D eigenvalue weighted by Gasteiger charge is -2.27. The van der Waals surface area contributed by atoms with Gasteiger partial charge in [-0.3, -0.25) is 14.4 Å². The highest BCUT2D eigenvalue weighted by Crippen LogP contribution is 2.20. The second-order valence-corrected chi connectivity index (χ2v) is 10.9. The van der Waals surface area contributed by atoms with Gasteiger partial charge in [0.2, 0.25) is 11.8 Å². The van der Waals surface area contributed by atoms with E-state index in [1.54, 1.807) is 4.90 Å². The molecular formula is C33H44N2O5. The fraction of sp³-hybridized carbons (Fsp3) is 0.485. The SMILES string of the molecule is CC(C)C1COC(=O)C(Cc2ccccc2)CCCC=CCC(CC(=O)N(CCO)Cc2ccccc2)C(=O)N1. The predicted molar refractivity (Wildman–Crippen MR) is 156 cm³/mol. The summed E-state index contributed by atoms with van der Waals surface area (Å²) in [5, 5.41) is 12.6. The number of aliphatic hydroxyl groups excluding tert-OH is 1. The molecule has 1 heterocycles. The summed E-state index contributed by atoms with van der Waals surface area (Å²) < 4.78 is 5.77. The molecule has 2 aromatic rings. The van der Waals surface area contributed by atoms with Gasteiger partial charge in [0.15, 0.2) is 0 Å². The minimum atomic E-state index is -0.563. The summed E-state index contributed by atoms with van der Waals surface area (Å²) in [7, 11) is 0. The Labute approximate surface area is 238 Å². The lowest BCUT2D eigenvalue weighted by atomic mass is 9.93. The fourth-order valence-corrected chi connectivity index (χ4v) is 4.89. The summed E-state index contributed by atoms with van der Waals surface area (Å²) in [5.74, 6) is -1.41. The van der Waals surface area contributed by atoms with Crippen molar-refractivity contribution in [2.45, 2.75) is 65.0 Å². The summed E-state index contributed by atoms with van der Waals surface area (Å²) in [6, 6.07) is 19.2. The first-order valence-corrected chi connectivity index (χ1v) is 14.5. The van der Waals surface area contributed by atoms with Crippen LogP contribution < -0.4 is 5.32 Å². The van der Waals surface area contributed by atoms with E-state index in [0.29, 0.717) is 25.8 Å². The second-order valence-electron chi connectivity index (χ2n) is 10.9. The summed E-state index contributed by atoms with van der Waals surface area (Å²) in [5.41, 5.74) is 2.07. The molecule has 3 rings (SSSR count). The van der Waals surface area contributed by atoms with Crippen LogP contribution in [0.4, 0.5) is 0 Å². The van der Waals surface area contributed by atoms with Gasteiger partial charge in [-0.2, -0.15) is 0 Å². The van der Waals surface area contributed by atoms with Gasteiger partial charge in [-0.15, -0.1) is 0 Å². The molecule has 7 nitrogen and oxygen atoms in total. The maximum Gasteiger partial charge on any atom is 0.309 e. The Kier molecular flexibility index (Phi) is 12.9. The molecule has 40 heavy (non-hydrogen) atoms. The standard InChI is InChI=1S/C33H44N2O5/c1-25(2)30-24-40-33(39)29(21-26-13-7-5-8-14-26)18-12-4-3-11-17-28(32(38)34-30)22-31(37)35(19-20-36)23-27-15-9-6-10-16-27/h3,5-11,13-16,25,28-30,36H,4,12,17-24H2,1-2H3,(H,34,38). The van der Waals surface area contributed by atoms with Crippen LogP contribution in [0.2, 0.25) is 0 Å². The number of cyclic esters (lactones) is 1. The topological polar surface area (TPSA) is 95.9 Å². The number of aliphatic hydroxyl groups is 1. The second kappa shape index (κ2) is 16.6. The Morgan fingerprint density at radius 1 is 1.00 bits per heavy atom. The zero-order valence-corrected chi connectivity index (χ0v) is 23.8. The average Bonchev–Trinajstić information content (AvgIpc) is 2.95. The van der Waals surface area contributed by atoms with Crippen LogP contribution in [0.5, 0.6) is 0 Å². The molecule has 2 amide bonds. The molecule has 0 bridgehead atoms. The number of allylic oxidation sites excluding steroid dienone is 2. The molecule has 0 spiro atoms. The number of hydrogen-bond acceptors (Lipinski definition) is 5. The number of amides is 2. The monoisotopic (exact) mass is 548 g/mol. The first kappa shape index (κ1) is 31.1. The Balaban J connectivity index is 1.72. The Morgan fingerprint density at radius 3 is 2.33 bits per heavy atom. The highest BCUT2D eigenvalue weighted by molar-refractivity contribution is 5.86. The highest BCUT2D eigenvalue weighted by atomic mass is 16.5. The van der Waals surface area contributed by atoms with E-state index in [1.165, 1.54) is 0 Å². The van der Waals surface area contributed by atoms with Crippen LogP contribution in [0.25, 0.3) is 0 Å². The summed E-state index contributed by atoms with van der Waals surface area (Å²) >= 11 is 0. The molecule has 0 aliphatic carbocycles. The third-order valence-electron chi connectivity index (χ3n) is 7.44. The molecule has 1 aliphatic rings. The van der Waals surface area contributed by atoms with Crippen molar-refractivity contribution >= 4 is 17.8 Å². The smallest absolute Gasteiger partial charge is 0.309 e. The van der Waals surface area contributed by atoms with E-state index >= 15 is 0 Å². The van der Waals surface area contributed by atoms with Crippen molar-refractivity contribution in [2.24, 2.45) is 17.8 Å². The normalized spacial score (nSPS) is 20.9. The van der Waals surface area contributed by atoms with Gasteiger partial charge < -0.3 is 20.1 Å². The Hall–Kier alpha value is -3.45. The van der Waals surface area contributed by atoms with E-state index in [-0.39, 0.29) is 61.8 Å². The van der Waals surface area contributed by atoms with Gasteiger partial charge >= 0.3 is 5.97 Å². The van der Waals surface area contributed by atoms with Gasteiger partial charge in [-0.1, -0.05) is 86.7 Å². The lowest BCUT2D eigenvalue weighted by molar-refractivity contribution is -0.150. The minimum absolute atomic E-state index is 0.0345. The van der Waals surface area contributed by atoms with Crippen LogP contribution in [0, 0.1) is 17.8 Å². The van der Waals surface area contributed by atoms with Gasteiger partial charge in [0, 0.05) is 19.5 Å². The van der Waals surface area contributed by atoms with E-state index in [0.717, 1.165) is 24.0 Å². The number of carbonyl (C=O) groups is 3. The van der Waals surface area contributed by atoms with E-state index in [9.17, 15) is 19.5 Å². The van der Waals surface area contributed by atoms with E-state index in [1.807, 2.05) is 86.7 Å². The molecule has 7 heteroatoms. The quantitative estimate of drug-likeness (QED) is 0.350. The number of hydrogen-bond donors (Lipinski definition) is 2. The highest BCUT2D eigenvalue weighted by Gasteiger charge is 2.29. The van der Waals surface area contributed by atoms with E-state index < -0.39 is 5.92 Å². The van der Waals surface area contributed by atoms with Crippen LogP contribution >= 0.6 is 0 Å². The molecule has 0 fully saturated rings. The van der Waals surface area contributed by atoms with Crippen molar-refractivity contribution in [3.8, 4) is 0 Å². The number of ether oxygens (including phenoxy) is 1. The molecule has 0 aromatic heterocycles. The molecule has 2 N–H and O–H groups in total. The van der Waals surface area contributed by atoms with Crippen molar-refractivity contribution in [1.82, 2.24) is 10.2 Å². The van der Waals surface area contributed by atoms with Gasteiger partial charge in [0.1, 0.15) is 6.61 Å². The van der Waals surface area contributed by atoms with Crippen molar-refractivity contribution in [2.75, 3.05) is 19.8 Å². The lowest BCUT2D eigenvalue weighted by Crippen LogP contribution is -2.46. The number of benzene rings is 2.